The molecule has 3 saturated heterocycles. The summed E-state index contributed by atoms with van der Waals surface area (Å²) in [6.45, 7) is 8.92. The van der Waals surface area contributed by atoms with Crippen LogP contribution in [0.3, 0.4) is 0 Å². The molecule has 8 heteroatoms. The molecule has 0 aromatic heterocycles. The molecule has 3 rings (SSSR count). The molecule has 0 aromatic carbocycles. The second-order valence-corrected chi connectivity index (χ2v) is 11.7. The molecule has 32 heavy (non-hydrogen) atoms. The average molecular weight is 469 g/mol. The van der Waals surface area contributed by atoms with E-state index in [1.807, 2.05) is 6.92 Å². The Balaban J connectivity index is 1.89. The minimum atomic E-state index is -0.565. The van der Waals surface area contributed by atoms with Crippen molar-refractivity contribution in [2.45, 2.75) is 101 Å². The average Bonchev–Trinajstić information content (AvgIpc) is 3.29. The van der Waals surface area contributed by atoms with Crippen LogP contribution in [0.15, 0.2) is 0 Å². The standard InChI is InChI=1S/C24H40N2O5S/c1-5-11-16(3)25-20(28)19-24-13-12-23(4,32-24)18(22(30)31-6-2)17(24)21(29)26(19)14-9-7-8-10-15-27/h16-19,27H,5-15H2,1-4H3,(H,25,28)/t16?,17-,18-,19?,23+,24?/m0/s1. The first-order valence-electron chi connectivity index (χ1n) is 12.3. The number of nitrogens with zero attached hydrogens (tertiary/aromatic N) is 1. The van der Waals surface area contributed by atoms with E-state index < -0.39 is 22.6 Å². The van der Waals surface area contributed by atoms with Crippen molar-refractivity contribution in [3.63, 3.8) is 0 Å². The van der Waals surface area contributed by atoms with Crippen molar-refractivity contribution >= 4 is 29.5 Å². The van der Waals surface area contributed by atoms with Gasteiger partial charge in [-0.05, 0) is 52.9 Å². The van der Waals surface area contributed by atoms with Crippen molar-refractivity contribution in [3.05, 3.63) is 0 Å². The Morgan fingerprint density at radius 1 is 1.25 bits per heavy atom. The van der Waals surface area contributed by atoms with Crippen LogP contribution in [0, 0.1) is 11.8 Å². The molecule has 3 aliphatic heterocycles. The lowest BCUT2D eigenvalue weighted by atomic mass is 9.66. The molecule has 0 saturated carbocycles. The highest BCUT2D eigenvalue weighted by Gasteiger charge is 2.77. The van der Waals surface area contributed by atoms with E-state index in [-0.39, 0.29) is 41.8 Å². The van der Waals surface area contributed by atoms with Gasteiger partial charge in [0.05, 0.1) is 23.2 Å². The third-order valence-electron chi connectivity index (χ3n) is 7.48. The van der Waals surface area contributed by atoms with Gasteiger partial charge < -0.3 is 20.1 Å². The summed E-state index contributed by atoms with van der Waals surface area (Å²) in [4.78, 5) is 42.1. The Morgan fingerprint density at radius 3 is 2.62 bits per heavy atom. The van der Waals surface area contributed by atoms with Crippen molar-refractivity contribution in [2.24, 2.45) is 11.8 Å². The fraction of sp³-hybridized carbons (Fsp3) is 0.875. The van der Waals surface area contributed by atoms with Gasteiger partial charge in [0.15, 0.2) is 0 Å². The second kappa shape index (κ2) is 10.3. The van der Waals surface area contributed by atoms with Gasteiger partial charge in [0.25, 0.3) is 0 Å². The van der Waals surface area contributed by atoms with E-state index in [0.717, 1.165) is 51.4 Å². The normalized spacial score (nSPS) is 34.0. The van der Waals surface area contributed by atoms with Crippen LogP contribution in [0.1, 0.15) is 79.1 Å². The lowest BCUT2D eigenvalue weighted by molar-refractivity contribution is -0.155. The predicted molar refractivity (Wildman–Crippen MR) is 125 cm³/mol. The number of amides is 2. The number of fused-ring (bicyclic) bond motifs is 1. The summed E-state index contributed by atoms with van der Waals surface area (Å²) in [5.41, 5.74) is 0. The first-order chi connectivity index (χ1) is 15.3. The molecule has 2 N–H and O–H groups in total. The zero-order valence-electron chi connectivity index (χ0n) is 20.0. The number of esters is 1. The number of unbranched alkanes of at least 4 members (excludes halogenated alkanes) is 3. The summed E-state index contributed by atoms with van der Waals surface area (Å²) in [5.74, 6) is -1.45. The van der Waals surface area contributed by atoms with Crippen LogP contribution in [-0.4, -0.2) is 69.1 Å². The number of carbonyl (C=O) groups is 3. The van der Waals surface area contributed by atoms with Crippen LogP contribution < -0.4 is 5.32 Å². The smallest absolute Gasteiger partial charge is 0.311 e. The van der Waals surface area contributed by atoms with Gasteiger partial charge in [-0.15, -0.1) is 11.8 Å². The van der Waals surface area contributed by atoms with E-state index in [2.05, 4.69) is 19.2 Å². The van der Waals surface area contributed by atoms with Gasteiger partial charge >= 0.3 is 5.97 Å². The molecule has 3 aliphatic rings. The lowest BCUT2D eigenvalue weighted by Gasteiger charge is -2.35. The van der Waals surface area contributed by atoms with E-state index >= 15 is 0 Å². The Labute approximate surface area is 196 Å². The number of thioether (sulfide) groups is 1. The first-order valence-corrected chi connectivity index (χ1v) is 13.2. The number of rotatable bonds is 12. The van der Waals surface area contributed by atoms with Crippen molar-refractivity contribution in [1.82, 2.24) is 10.2 Å². The third-order valence-corrected chi connectivity index (χ3v) is 9.47. The quantitative estimate of drug-likeness (QED) is 0.338. The maximum Gasteiger partial charge on any atom is 0.311 e. The molecule has 3 heterocycles. The van der Waals surface area contributed by atoms with Crippen LogP contribution in [0.5, 0.6) is 0 Å². The van der Waals surface area contributed by atoms with Gasteiger partial charge in [-0.25, -0.2) is 0 Å². The fourth-order valence-electron chi connectivity index (χ4n) is 6.13. The van der Waals surface area contributed by atoms with E-state index in [9.17, 15) is 14.4 Å². The number of likely N-dealkylation sites (tertiary alicyclic amines) is 1. The van der Waals surface area contributed by atoms with Crippen molar-refractivity contribution < 1.29 is 24.2 Å². The highest BCUT2D eigenvalue weighted by molar-refractivity contribution is 8.02. The van der Waals surface area contributed by atoms with Crippen LogP contribution >= 0.6 is 11.8 Å². The molecule has 182 valence electrons. The van der Waals surface area contributed by atoms with Crippen molar-refractivity contribution in [3.8, 4) is 0 Å². The second-order valence-electron chi connectivity index (χ2n) is 9.85. The monoisotopic (exact) mass is 468 g/mol. The molecule has 0 aliphatic carbocycles. The molecule has 7 nitrogen and oxygen atoms in total. The van der Waals surface area contributed by atoms with Gasteiger partial charge in [0.1, 0.15) is 6.04 Å². The minimum Gasteiger partial charge on any atom is -0.466 e. The largest absolute Gasteiger partial charge is 0.466 e. The predicted octanol–water partition coefficient (Wildman–Crippen LogP) is 2.89. The summed E-state index contributed by atoms with van der Waals surface area (Å²) in [6.07, 6.45) is 6.77. The molecule has 0 aromatic rings. The number of aliphatic hydroxyl groups excluding tert-OH is 1. The summed E-state index contributed by atoms with van der Waals surface area (Å²) in [7, 11) is 0. The van der Waals surface area contributed by atoms with Gasteiger partial charge in [-0.1, -0.05) is 26.2 Å². The van der Waals surface area contributed by atoms with E-state index in [4.69, 9.17) is 9.84 Å². The number of aliphatic hydroxyl groups is 1. The number of carbonyl (C=O) groups excluding carboxylic acids is 3. The molecular weight excluding hydrogens is 428 g/mol. The number of hydrogen-bond acceptors (Lipinski definition) is 6. The van der Waals surface area contributed by atoms with Crippen LogP contribution in [0.2, 0.25) is 0 Å². The lowest BCUT2D eigenvalue weighted by Crippen LogP contribution is -2.55. The highest BCUT2D eigenvalue weighted by Crippen LogP contribution is 2.71. The summed E-state index contributed by atoms with van der Waals surface area (Å²) >= 11 is 1.69. The zero-order chi connectivity index (χ0) is 23.5. The van der Waals surface area contributed by atoms with E-state index in [0.29, 0.717) is 6.54 Å². The van der Waals surface area contributed by atoms with Crippen molar-refractivity contribution in [1.29, 1.82) is 0 Å². The molecule has 6 atom stereocenters. The Hall–Kier alpha value is -1.28. The summed E-state index contributed by atoms with van der Waals surface area (Å²) in [6, 6.07) is -0.507. The van der Waals surface area contributed by atoms with Gasteiger partial charge in [0, 0.05) is 23.9 Å². The Morgan fingerprint density at radius 2 is 1.97 bits per heavy atom. The van der Waals surface area contributed by atoms with Gasteiger partial charge in [-0.3, -0.25) is 14.4 Å². The molecular formula is C24H40N2O5S. The Bertz CT molecular complexity index is 719. The molecule has 2 amide bonds. The number of ether oxygens (including phenoxy) is 1. The molecule has 1 spiro atoms. The fourth-order valence-corrected chi connectivity index (χ4v) is 8.48. The maximum absolute atomic E-state index is 13.8. The maximum atomic E-state index is 13.8. The van der Waals surface area contributed by atoms with Crippen LogP contribution in [0.4, 0.5) is 0 Å². The summed E-state index contributed by atoms with van der Waals surface area (Å²) < 4.78 is 4.47. The number of nitrogens with one attached hydrogen (secondary N) is 1. The molecule has 2 bridgehead atoms. The van der Waals surface area contributed by atoms with Gasteiger partial charge in [0.2, 0.25) is 11.8 Å². The van der Waals surface area contributed by atoms with Crippen LogP contribution in [0.25, 0.3) is 0 Å². The molecule has 3 fully saturated rings. The SMILES string of the molecule is CCCC(C)NC(=O)C1N(CCCCCCO)C(=O)[C@@H]2[C@@H](C(=O)OCC)[C@@]3(C)CCC12S3. The van der Waals surface area contributed by atoms with Crippen LogP contribution in [-0.2, 0) is 19.1 Å². The minimum absolute atomic E-state index is 0.0458. The zero-order valence-corrected chi connectivity index (χ0v) is 20.8. The number of hydrogen-bond donors (Lipinski definition) is 2. The first kappa shape index (κ1) is 25.3. The molecule has 0 radical (unpaired) electrons. The highest BCUT2D eigenvalue weighted by atomic mass is 32.2. The Kier molecular flexibility index (Phi) is 8.18. The van der Waals surface area contributed by atoms with E-state index in [1.165, 1.54) is 0 Å². The topological polar surface area (TPSA) is 95.9 Å². The van der Waals surface area contributed by atoms with Gasteiger partial charge in [-0.2, -0.15) is 0 Å². The van der Waals surface area contributed by atoms with Crippen molar-refractivity contribution in [2.75, 3.05) is 19.8 Å². The van der Waals surface area contributed by atoms with E-state index in [1.54, 1.807) is 23.6 Å². The molecule has 3 unspecified atom stereocenters. The summed E-state index contributed by atoms with van der Waals surface area (Å²) in [5, 5.41) is 12.2. The third kappa shape index (κ3) is 4.41.